The molecule has 1 amide bonds. The maximum atomic E-state index is 14.7. The lowest BCUT2D eigenvalue weighted by atomic mass is 10.0. The van der Waals surface area contributed by atoms with Gasteiger partial charge in [0.2, 0.25) is 0 Å². The molecule has 0 saturated heterocycles. The molecule has 0 aliphatic heterocycles. The number of aromatic nitrogens is 2. The van der Waals surface area contributed by atoms with Crippen molar-refractivity contribution in [3.05, 3.63) is 125 Å². The lowest BCUT2D eigenvalue weighted by molar-refractivity contribution is -0.112. The minimum Gasteiger partial charge on any atom is -0.304 e. The zero-order valence-corrected chi connectivity index (χ0v) is 22.1. The number of aryl methyl sites for hydroxylation is 1. The van der Waals surface area contributed by atoms with E-state index in [1.54, 1.807) is 59.4 Å². The molecule has 1 aromatic heterocycles. The summed E-state index contributed by atoms with van der Waals surface area (Å²) < 4.78 is 25.7. The SMILES string of the molecule is [2H]C(c1ccc(-c2ccc3c(cnn3C)c2)cc1Cl)N(C(=O)c1ccccc1)c1cc(F)cc(/C=C/C(C)=O)c1. The molecule has 7 heteroatoms. The molecule has 0 N–H and O–H groups in total. The van der Waals surface area contributed by atoms with Crippen LogP contribution in [0.3, 0.4) is 0 Å². The smallest absolute Gasteiger partial charge is 0.258 e. The third kappa shape index (κ3) is 5.81. The van der Waals surface area contributed by atoms with Crippen molar-refractivity contribution in [3.63, 3.8) is 0 Å². The van der Waals surface area contributed by atoms with Gasteiger partial charge in [-0.05, 0) is 83.8 Å². The molecule has 1 unspecified atom stereocenters. The van der Waals surface area contributed by atoms with Crippen LogP contribution in [0.5, 0.6) is 0 Å². The molecule has 0 spiro atoms. The van der Waals surface area contributed by atoms with Crippen LogP contribution in [0.1, 0.15) is 29.8 Å². The normalized spacial score (nSPS) is 12.5. The van der Waals surface area contributed by atoms with Crippen LogP contribution < -0.4 is 4.90 Å². The van der Waals surface area contributed by atoms with Gasteiger partial charge in [0, 0.05) is 28.7 Å². The van der Waals surface area contributed by atoms with E-state index in [1.807, 2.05) is 31.3 Å². The molecule has 4 aromatic carbocycles. The van der Waals surface area contributed by atoms with Crippen molar-refractivity contribution in [1.29, 1.82) is 0 Å². The first-order valence-electron chi connectivity index (χ1n) is 12.8. The molecular formula is C32H25ClFN3O2. The van der Waals surface area contributed by atoms with E-state index in [0.717, 1.165) is 22.0 Å². The van der Waals surface area contributed by atoms with Gasteiger partial charge in [0.15, 0.2) is 5.78 Å². The highest BCUT2D eigenvalue weighted by molar-refractivity contribution is 6.31. The van der Waals surface area contributed by atoms with Gasteiger partial charge in [-0.25, -0.2) is 4.39 Å². The van der Waals surface area contributed by atoms with E-state index in [1.165, 1.54) is 36.1 Å². The summed E-state index contributed by atoms with van der Waals surface area (Å²) in [6.45, 7) is 0.101. The Bertz CT molecular complexity index is 1770. The first-order chi connectivity index (χ1) is 19.2. The van der Waals surface area contributed by atoms with Crippen LogP contribution in [0.15, 0.2) is 97.2 Å². The fraction of sp³-hybridized carbons (Fsp3) is 0.0938. The predicted octanol–water partition coefficient (Wildman–Crippen LogP) is 7.48. The second kappa shape index (κ2) is 11.1. The number of carbonyl (C=O) groups excluding carboxylic acids is 2. The lowest BCUT2D eigenvalue weighted by Gasteiger charge is -2.24. The Balaban J connectivity index is 1.56. The van der Waals surface area contributed by atoms with Gasteiger partial charge >= 0.3 is 0 Å². The zero-order valence-electron chi connectivity index (χ0n) is 22.3. The van der Waals surface area contributed by atoms with Crippen molar-refractivity contribution < 1.29 is 15.4 Å². The Morgan fingerprint density at radius 3 is 2.51 bits per heavy atom. The standard InChI is InChI=1S/C32H25ClFN3O2/c1-21(38)8-9-22-14-28(34)18-29(15-22)37(32(39)23-6-4-3-5-7-23)20-26-11-10-25(17-30(26)33)24-12-13-31-27(16-24)19-35-36(31)2/h3-19H,20H2,1-2H3/b9-8+/i20D. The number of allylic oxidation sites excluding steroid dienone is 1. The molecule has 0 radical (unpaired) electrons. The summed E-state index contributed by atoms with van der Waals surface area (Å²) in [4.78, 5) is 26.4. The van der Waals surface area contributed by atoms with E-state index in [9.17, 15) is 14.0 Å². The van der Waals surface area contributed by atoms with Gasteiger partial charge in [0.1, 0.15) is 5.82 Å². The molecule has 5 rings (SSSR count). The molecular weight excluding hydrogens is 513 g/mol. The number of amides is 1. The van der Waals surface area contributed by atoms with Crippen LogP contribution in [0, 0.1) is 5.82 Å². The van der Waals surface area contributed by atoms with Gasteiger partial charge in [0.05, 0.1) is 19.6 Å². The first-order valence-corrected chi connectivity index (χ1v) is 12.6. The van der Waals surface area contributed by atoms with Crippen molar-refractivity contribution >= 4 is 46.0 Å². The quantitative estimate of drug-likeness (QED) is 0.202. The van der Waals surface area contributed by atoms with Gasteiger partial charge in [-0.2, -0.15) is 5.10 Å². The molecule has 0 fully saturated rings. The van der Waals surface area contributed by atoms with Crippen molar-refractivity contribution in [2.75, 3.05) is 4.90 Å². The summed E-state index contributed by atoms with van der Waals surface area (Å²) in [6.07, 6.45) is 4.58. The molecule has 0 aliphatic rings. The van der Waals surface area contributed by atoms with Crippen LogP contribution >= 0.6 is 11.6 Å². The van der Waals surface area contributed by atoms with Gasteiger partial charge in [-0.3, -0.25) is 14.3 Å². The van der Waals surface area contributed by atoms with E-state index in [-0.39, 0.29) is 11.5 Å². The Morgan fingerprint density at radius 2 is 1.77 bits per heavy atom. The number of halogens is 2. The van der Waals surface area contributed by atoms with E-state index in [2.05, 4.69) is 5.10 Å². The fourth-order valence-electron chi connectivity index (χ4n) is 4.31. The van der Waals surface area contributed by atoms with Crippen molar-refractivity contribution in [2.45, 2.75) is 13.4 Å². The number of hydrogen-bond donors (Lipinski definition) is 0. The van der Waals surface area contributed by atoms with E-state index in [0.29, 0.717) is 21.7 Å². The van der Waals surface area contributed by atoms with Gasteiger partial charge in [-0.15, -0.1) is 0 Å². The summed E-state index contributed by atoms with van der Waals surface area (Å²) in [5, 5.41) is 5.57. The van der Waals surface area contributed by atoms with Crippen molar-refractivity contribution in [3.8, 4) is 11.1 Å². The molecule has 1 atom stereocenters. The minimum absolute atomic E-state index is 0.166. The summed E-state index contributed by atoms with van der Waals surface area (Å²) in [5.74, 6) is -1.29. The number of carbonyl (C=O) groups is 2. The summed E-state index contributed by atoms with van der Waals surface area (Å²) in [6, 6.07) is 23.8. The topological polar surface area (TPSA) is 55.2 Å². The van der Waals surface area contributed by atoms with Crippen LogP contribution in [-0.2, 0) is 18.4 Å². The highest BCUT2D eigenvalue weighted by atomic mass is 35.5. The number of hydrogen-bond acceptors (Lipinski definition) is 3. The number of nitrogens with zero attached hydrogens (tertiary/aromatic N) is 3. The Labute approximate surface area is 232 Å². The summed E-state index contributed by atoms with van der Waals surface area (Å²) >= 11 is 6.73. The van der Waals surface area contributed by atoms with E-state index >= 15 is 0 Å². The minimum atomic E-state index is -1.29. The third-order valence-electron chi connectivity index (χ3n) is 6.28. The second-order valence-corrected chi connectivity index (χ2v) is 9.54. The average molecular weight is 539 g/mol. The molecule has 5 aromatic rings. The largest absolute Gasteiger partial charge is 0.304 e. The fourth-order valence-corrected chi connectivity index (χ4v) is 4.54. The first kappa shape index (κ1) is 24.8. The monoisotopic (exact) mass is 538 g/mol. The third-order valence-corrected chi connectivity index (χ3v) is 6.61. The Hall–Kier alpha value is -4.55. The maximum absolute atomic E-state index is 14.7. The highest BCUT2D eigenvalue weighted by Crippen LogP contribution is 2.31. The van der Waals surface area contributed by atoms with Crippen LogP contribution in [0.25, 0.3) is 28.1 Å². The Kier molecular flexibility index (Phi) is 7.02. The second-order valence-electron chi connectivity index (χ2n) is 9.14. The highest BCUT2D eigenvalue weighted by Gasteiger charge is 2.21. The zero-order chi connectivity index (χ0) is 28.4. The van der Waals surface area contributed by atoms with Crippen LogP contribution in [0.2, 0.25) is 5.02 Å². The molecule has 1 heterocycles. The molecule has 0 aliphatic carbocycles. The van der Waals surface area contributed by atoms with E-state index < -0.39 is 18.2 Å². The average Bonchev–Trinajstić information content (AvgIpc) is 3.32. The Morgan fingerprint density at radius 1 is 1.03 bits per heavy atom. The van der Waals surface area contributed by atoms with Crippen molar-refractivity contribution in [1.82, 2.24) is 9.78 Å². The molecule has 0 bridgehead atoms. The molecule has 5 nitrogen and oxygen atoms in total. The summed E-state index contributed by atoms with van der Waals surface area (Å²) in [5.41, 5.74) is 4.04. The van der Waals surface area contributed by atoms with Crippen molar-refractivity contribution in [2.24, 2.45) is 7.05 Å². The van der Waals surface area contributed by atoms with Crippen LogP contribution in [0.4, 0.5) is 10.1 Å². The number of rotatable bonds is 7. The molecule has 0 saturated carbocycles. The summed E-state index contributed by atoms with van der Waals surface area (Å²) in [7, 11) is 1.88. The lowest BCUT2D eigenvalue weighted by Crippen LogP contribution is -2.30. The van der Waals surface area contributed by atoms with Gasteiger partial charge in [-0.1, -0.05) is 54.1 Å². The number of benzene rings is 4. The van der Waals surface area contributed by atoms with Crippen LogP contribution in [-0.4, -0.2) is 21.5 Å². The van der Waals surface area contributed by atoms with Gasteiger partial charge in [0.25, 0.3) is 5.91 Å². The van der Waals surface area contributed by atoms with E-state index in [4.69, 9.17) is 13.0 Å². The van der Waals surface area contributed by atoms with Gasteiger partial charge < -0.3 is 4.90 Å². The number of anilines is 1. The predicted molar refractivity (Wildman–Crippen MR) is 154 cm³/mol. The number of fused-ring (bicyclic) bond motifs is 1. The molecule has 194 valence electrons. The number of ketones is 1. The maximum Gasteiger partial charge on any atom is 0.258 e. The molecule has 39 heavy (non-hydrogen) atoms.